The lowest BCUT2D eigenvalue weighted by Gasteiger charge is -2.13. The number of ether oxygens (including phenoxy) is 1. The Kier molecular flexibility index (Phi) is 3.90. The van der Waals surface area contributed by atoms with E-state index >= 15 is 0 Å². The van der Waals surface area contributed by atoms with Crippen LogP contribution < -0.4 is 10.1 Å². The first-order valence-electron chi connectivity index (χ1n) is 7.36. The molecule has 0 saturated carbocycles. The molecule has 106 valence electrons. The van der Waals surface area contributed by atoms with Gasteiger partial charge in [-0.3, -0.25) is 0 Å². The Balaban J connectivity index is 1.55. The van der Waals surface area contributed by atoms with E-state index in [2.05, 4.69) is 33.9 Å². The summed E-state index contributed by atoms with van der Waals surface area (Å²) in [6.45, 7) is 4.01. The zero-order chi connectivity index (χ0) is 13.8. The van der Waals surface area contributed by atoms with Crippen LogP contribution >= 0.6 is 0 Å². The third kappa shape index (κ3) is 2.79. The van der Waals surface area contributed by atoms with Crippen molar-refractivity contribution >= 4 is 5.95 Å². The Labute approximate surface area is 119 Å². The molecule has 0 radical (unpaired) electrons. The molecule has 4 heteroatoms. The number of rotatable bonds is 6. The number of aromatic nitrogens is 2. The average Bonchev–Trinajstić information content (AvgIpc) is 3.08. The van der Waals surface area contributed by atoms with E-state index in [-0.39, 0.29) is 6.10 Å². The second kappa shape index (κ2) is 5.99. The molecule has 1 aliphatic rings. The van der Waals surface area contributed by atoms with E-state index in [4.69, 9.17) is 4.74 Å². The zero-order valence-electron chi connectivity index (χ0n) is 11.9. The number of imidazole rings is 1. The second-order valence-corrected chi connectivity index (χ2v) is 5.23. The monoisotopic (exact) mass is 271 g/mol. The van der Waals surface area contributed by atoms with Crippen molar-refractivity contribution in [2.75, 3.05) is 11.9 Å². The van der Waals surface area contributed by atoms with Crippen LogP contribution in [-0.4, -0.2) is 22.2 Å². The molecule has 3 rings (SSSR count). The van der Waals surface area contributed by atoms with Crippen LogP contribution in [-0.2, 0) is 13.0 Å². The number of hydrogen-bond acceptors (Lipinski definition) is 3. The van der Waals surface area contributed by atoms with Gasteiger partial charge in [0, 0.05) is 25.4 Å². The van der Waals surface area contributed by atoms with Gasteiger partial charge in [0.05, 0.1) is 6.54 Å². The van der Waals surface area contributed by atoms with Crippen LogP contribution in [0.5, 0.6) is 5.75 Å². The molecule has 0 spiro atoms. The van der Waals surface area contributed by atoms with E-state index in [0.29, 0.717) is 0 Å². The largest absolute Gasteiger partial charge is 0.488 e. The third-order valence-electron chi connectivity index (χ3n) is 3.67. The number of para-hydroxylation sites is 1. The van der Waals surface area contributed by atoms with E-state index < -0.39 is 0 Å². The van der Waals surface area contributed by atoms with Crippen molar-refractivity contribution < 1.29 is 4.74 Å². The van der Waals surface area contributed by atoms with Gasteiger partial charge in [-0.25, -0.2) is 4.98 Å². The number of hydrogen-bond donors (Lipinski definition) is 1. The lowest BCUT2D eigenvalue weighted by molar-refractivity contribution is 0.246. The van der Waals surface area contributed by atoms with Gasteiger partial charge in [0.15, 0.2) is 0 Å². The van der Waals surface area contributed by atoms with Gasteiger partial charge in [-0.15, -0.1) is 0 Å². The fourth-order valence-corrected chi connectivity index (χ4v) is 2.56. The van der Waals surface area contributed by atoms with Gasteiger partial charge < -0.3 is 14.6 Å². The van der Waals surface area contributed by atoms with Gasteiger partial charge in [-0.1, -0.05) is 31.5 Å². The molecule has 0 saturated heterocycles. The Morgan fingerprint density at radius 3 is 3.15 bits per heavy atom. The average molecular weight is 271 g/mol. The summed E-state index contributed by atoms with van der Waals surface area (Å²) in [5, 5.41) is 3.41. The van der Waals surface area contributed by atoms with Crippen molar-refractivity contribution in [1.82, 2.24) is 9.55 Å². The highest BCUT2D eigenvalue weighted by molar-refractivity contribution is 5.38. The summed E-state index contributed by atoms with van der Waals surface area (Å²) < 4.78 is 8.10. The Morgan fingerprint density at radius 2 is 2.30 bits per heavy atom. The van der Waals surface area contributed by atoms with Crippen molar-refractivity contribution in [2.45, 2.75) is 38.8 Å². The number of anilines is 1. The van der Waals surface area contributed by atoms with E-state index in [0.717, 1.165) is 31.2 Å². The standard InChI is InChI=1S/C16H21N3O/c1-2-3-9-19-10-8-17-16(19)18-12-14-11-13-6-4-5-7-15(13)20-14/h4-8,10,14H,2-3,9,11-12H2,1H3,(H,17,18). The zero-order valence-corrected chi connectivity index (χ0v) is 11.9. The summed E-state index contributed by atoms with van der Waals surface area (Å²) >= 11 is 0. The first kappa shape index (κ1) is 13.0. The minimum absolute atomic E-state index is 0.198. The van der Waals surface area contributed by atoms with E-state index in [1.54, 1.807) is 0 Å². The van der Waals surface area contributed by atoms with Crippen LogP contribution in [0.15, 0.2) is 36.7 Å². The van der Waals surface area contributed by atoms with Crippen molar-refractivity contribution in [2.24, 2.45) is 0 Å². The number of benzene rings is 1. The Bertz CT molecular complexity index is 539. The molecule has 0 aliphatic carbocycles. The van der Waals surface area contributed by atoms with Crippen molar-refractivity contribution in [3.05, 3.63) is 42.2 Å². The van der Waals surface area contributed by atoms with Crippen LogP contribution in [0, 0.1) is 0 Å². The van der Waals surface area contributed by atoms with Crippen LogP contribution in [0.25, 0.3) is 0 Å². The molecule has 1 aromatic carbocycles. The summed E-state index contributed by atoms with van der Waals surface area (Å²) in [7, 11) is 0. The smallest absolute Gasteiger partial charge is 0.202 e. The molecular weight excluding hydrogens is 250 g/mol. The van der Waals surface area contributed by atoms with Crippen LogP contribution in [0.3, 0.4) is 0 Å². The molecule has 4 nitrogen and oxygen atoms in total. The summed E-state index contributed by atoms with van der Waals surface area (Å²) in [4.78, 5) is 4.38. The minimum Gasteiger partial charge on any atom is -0.488 e. The molecule has 1 unspecified atom stereocenters. The van der Waals surface area contributed by atoms with Gasteiger partial charge in [0.1, 0.15) is 11.9 Å². The van der Waals surface area contributed by atoms with Crippen molar-refractivity contribution in [3.8, 4) is 5.75 Å². The summed E-state index contributed by atoms with van der Waals surface area (Å²) in [6.07, 6.45) is 7.42. The highest BCUT2D eigenvalue weighted by Gasteiger charge is 2.22. The molecule has 20 heavy (non-hydrogen) atoms. The van der Waals surface area contributed by atoms with Gasteiger partial charge >= 0.3 is 0 Å². The fourth-order valence-electron chi connectivity index (χ4n) is 2.56. The molecular formula is C16H21N3O. The minimum atomic E-state index is 0.198. The van der Waals surface area contributed by atoms with E-state index in [1.165, 1.54) is 18.4 Å². The number of nitrogens with zero attached hydrogens (tertiary/aromatic N) is 2. The lowest BCUT2D eigenvalue weighted by Crippen LogP contribution is -2.25. The molecule has 1 aromatic heterocycles. The first-order chi connectivity index (χ1) is 9.86. The van der Waals surface area contributed by atoms with Gasteiger partial charge in [0.25, 0.3) is 0 Å². The third-order valence-corrected chi connectivity index (χ3v) is 3.67. The molecule has 2 aromatic rings. The molecule has 0 bridgehead atoms. The predicted molar refractivity (Wildman–Crippen MR) is 80.2 cm³/mol. The summed E-state index contributed by atoms with van der Waals surface area (Å²) in [5.41, 5.74) is 1.30. The van der Waals surface area contributed by atoms with Crippen LogP contribution in [0.4, 0.5) is 5.95 Å². The fraction of sp³-hybridized carbons (Fsp3) is 0.438. The molecule has 0 fully saturated rings. The van der Waals surface area contributed by atoms with Gasteiger partial charge in [-0.05, 0) is 18.1 Å². The van der Waals surface area contributed by atoms with Crippen LogP contribution in [0.1, 0.15) is 25.3 Å². The Hall–Kier alpha value is -1.97. The van der Waals surface area contributed by atoms with Crippen LogP contribution in [0.2, 0.25) is 0 Å². The predicted octanol–water partition coefficient (Wildman–Crippen LogP) is 3.10. The van der Waals surface area contributed by atoms with E-state index in [1.807, 2.05) is 24.5 Å². The topological polar surface area (TPSA) is 39.1 Å². The maximum atomic E-state index is 5.93. The van der Waals surface area contributed by atoms with Crippen molar-refractivity contribution in [1.29, 1.82) is 0 Å². The SMILES string of the molecule is CCCCn1ccnc1NCC1Cc2ccccc2O1. The highest BCUT2D eigenvalue weighted by Crippen LogP contribution is 2.28. The molecule has 1 atom stereocenters. The molecule has 0 amide bonds. The maximum absolute atomic E-state index is 5.93. The lowest BCUT2D eigenvalue weighted by atomic mass is 10.1. The maximum Gasteiger partial charge on any atom is 0.202 e. The van der Waals surface area contributed by atoms with Crippen molar-refractivity contribution in [3.63, 3.8) is 0 Å². The normalized spacial score (nSPS) is 16.8. The van der Waals surface area contributed by atoms with Gasteiger partial charge in [0.2, 0.25) is 5.95 Å². The number of aryl methyl sites for hydroxylation is 1. The van der Waals surface area contributed by atoms with E-state index in [9.17, 15) is 0 Å². The van der Waals surface area contributed by atoms with Gasteiger partial charge in [-0.2, -0.15) is 0 Å². The first-order valence-corrected chi connectivity index (χ1v) is 7.36. The highest BCUT2D eigenvalue weighted by atomic mass is 16.5. The summed E-state index contributed by atoms with van der Waals surface area (Å²) in [6, 6.07) is 8.26. The number of unbranched alkanes of at least 4 members (excludes halogenated alkanes) is 1. The molecule has 1 N–H and O–H groups in total. The Morgan fingerprint density at radius 1 is 1.40 bits per heavy atom. The molecule has 2 heterocycles. The number of fused-ring (bicyclic) bond motifs is 1. The summed E-state index contributed by atoms with van der Waals surface area (Å²) in [5.74, 6) is 1.96. The molecule has 1 aliphatic heterocycles. The number of nitrogens with one attached hydrogen (secondary N) is 1. The quantitative estimate of drug-likeness (QED) is 0.877. The second-order valence-electron chi connectivity index (χ2n) is 5.23.